The predicted octanol–water partition coefficient (Wildman–Crippen LogP) is 3.24. The smallest absolute Gasteiger partial charge is 0.116 e. The molecule has 0 radical (unpaired) electrons. The van der Waals surface area contributed by atoms with Crippen molar-refractivity contribution in [1.82, 2.24) is 25.1 Å². The SMILES string of the molecule is C=CCCC.OC/C=C/c1nn(C2CCNCC2)cc1-c1ccncn1. The van der Waals surface area contributed by atoms with E-state index in [-0.39, 0.29) is 6.61 Å². The maximum atomic E-state index is 8.99. The Balaban J connectivity index is 0.000000431. The number of piperidine rings is 1. The van der Waals surface area contributed by atoms with Gasteiger partial charge < -0.3 is 10.4 Å². The molecule has 6 heteroatoms. The van der Waals surface area contributed by atoms with Crippen LogP contribution in [0.5, 0.6) is 0 Å². The second-order valence-corrected chi connectivity index (χ2v) is 6.15. The minimum absolute atomic E-state index is 0.00340. The zero-order valence-corrected chi connectivity index (χ0v) is 15.5. The first-order chi connectivity index (χ1) is 12.8. The third-order valence-corrected chi connectivity index (χ3v) is 4.18. The molecule has 0 saturated carbocycles. The highest BCUT2D eigenvalue weighted by atomic mass is 16.2. The fraction of sp³-hybridized carbons (Fsp3) is 0.450. The average molecular weight is 355 g/mol. The van der Waals surface area contributed by atoms with Crippen LogP contribution in [0.3, 0.4) is 0 Å². The first-order valence-electron chi connectivity index (χ1n) is 9.24. The van der Waals surface area contributed by atoms with Gasteiger partial charge in [-0.1, -0.05) is 25.5 Å². The molecule has 0 aliphatic carbocycles. The molecular formula is C20H29N5O. The maximum absolute atomic E-state index is 8.99. The van der Waals surface area contributed by atoms with E-state index in [1.54, 1.807) is 12.3 Å². The highest BCUT2D eigenvalue weighted by Crippen LogP contribution is 2.26. The molecule has 26 heavy (non-hydrogen) atoms. The Morgan fingerprint density at radius 2 is 2.19 bits per heavy atom. The van der Waals surface area contributed by atoms with E-state index >= 15 is 0 Å². The molecule has 140 valence electrons. The van der Waals surface area contributed by atoms with Gasteiger partial charge in [0.15, 0.2) is 0 Å². The highest BCUT2D eigenvalue weighted by molar-refractivity contribution is 5.69. The van der Waals surface area contributed by atoms with Crippen LogP contribution in [0, 0.1) is 0 Å². The number of aromatic nitrogens is 4. The van der Waals surface area contributed by atoms with Gasteiger partial charge in [0, 0.05) is 18.0 Å². The third kappa shape index (κ3) is 5.89. The van der Waals surface area contributed by atoms with Crippen LogP contribution in [0.2, 0.25) is 0 Å². The Labute approximate surface area is 155 Å². The van der Waals surface area contributed by atoms with Gasteiger partial charge >= 0.3 is 0 Å². The van der Waals surface area contributed by atoms with Crippen LogP contribution in [0.4, 0.5) is 0 Å². The van der Waals surface area contributed by atoms with Gasteiger partial charge in [0.25, 0.3) is 0 Å². The lowest BCUT2D eigenvalue weighted by atomic mass is 10.1. The lowest BCUT2D eigenvalue weighted by Crippen LogP contribution is -2.29. The minimum atomic E-state index is 0.00340. The summed E-state index contributed by atoms with van der Waals surface area (Å²) in [6.45, 7) is 7.74. The molecule has 2 aromatic rings. The lowest BCUT2D eigenvalue weighted by Gasteiger charge is -2.22. The topological polar surface area (TPSA) is 75.9 Å². The van der Waals surface area contributed by atoms with E-state index in [2.05, 4.69) is 40.1 Å². The summed E-state index contributed by atoms with van der Waals surface area (Å²) in [5.74, 6) is 0. The molecule has 0 aromatic carbocycles. The highest BCUT2D eigenvalue weighted by Gasteiger charge is 2.18. The Hall–Kier alpha value is -2.31. The van der Waals surface area contributed by atoms with E-state index in [0.29, 0.717) is 6.04 Å². The molecule has 1 fully saturated rings. The van der Waals surface area contributed by atoms with Crippen molar-refractivity contribution in [1.29, 1.82) is 0 Å². The molecule has 0 amide bonds. The summed E-state index contributed by atoms with van der Waals surface area (Å²) in [6.07, 6.45) is 15.3. The summed E-state index contributed by atoms with van der Waals surface area (Å²) >= 11 is 0. The summed E-state index contributed by atoms with van der Waals surface area (Å²) in [5, 5.41) is 17.0. The number of hydrogen-bond donors (Lipinski definition) is 2. The molecular weight excluding hydrogens is 326 g/mol. The number of aliphatic hydroxyl groups is 1. The average Bonchev–Trinajstić information content (AvgIpc) is 3.13. The Morgan fingerprint density at radius 1 is 1.38 bits per heavy atom. The van der Waals surface area contributed by atoms with Gasteiger partial charge in [0.05, 0.1) is 24.0 Å². The van der Waals surface area contributed by atoms with E-state index in [4.69, 9.17) is 5.11 Å². The zero-order valence-electron chi connectivity index (χ0n) is 15.5. The van der Waals surface area contributed by atoms with E-state index in [9.17, 15) is 0 Å². The number of unbranched alkanes of at least 4 members (excludes halogenated alkanes) is 1. The van der Waals surface area contributed by atoms with Crippen LogP contribution in [0.1, 0.15) is 44.3 Å². The van der Waals surface area contributed by atoms with Gasteiger partial charge in [-0.25, -0.2) is 9.97 Å². The molecule has 0 atom stereocenters. The summed E-state index contributed by atoms with van der Waals surface area (Å²) < 4.78 is 2.04. The number of aliphatic hydroxyl groups excluding tert-OH is 1. The van der Waals surface area contributed by atoms with E-state index in [1.165, 1.54) is 12.7 Å². The van der Waals surface area contributed by atoms with Crippen molar-refractivity contribution in [3.63, 3.8) is 0 Å². The van der Waals surface area contributed by atoms with Crippen LogP contribution in [0.15, 0.2) is 43.5 Å². The van der Waals surface area contributed by atoms with Crippen molar-refractivity contribution in [3.8, 4) is 11.3 Å². The standard InChI is InChI=1S/C15H19N5O.C5H10/c21-9-1-2-15-13(14-5-8-17-11-18-14)10-20(19-15)12-3-6-16-7-4-12;1-3-5-4-2/h1-2,5,8,10-12,16,21H,3-4,6-7,9H2;3H,1,4-5H2,2H3/b2-1+;. The van der Waals surface area contributed by atoms with Crippen LogP contribution in [0.25, 0.3) is 17.3 Å². The second kappa shape index (κ2) is 11.3. The van der Waals surface area contributed by atoms with Gasteiger partial charge in [0.2, 0.25) is 0 Å². The lowest BCUT2D eigenvalue weighted by molar-refractivity contribution is 0.342. The van der Waals surface area contributed by atoms with Gasteiger partial charge in [-0.3, -0.25) is 4.68 Å². The van der Waals surface area contributed by atoms with Gasteiger partial charge in [-0.2, -0.15) is 5.10 Å². The fourth-order valence-corrected chi connectivity index (χ4v) is 2.80. The Kier molecular flexibility index (Phi) is 8.72. The number of nitrogens with zero attached hydrogens (tertiary/aromatic N) is 4. The molecule has 3 rings (SSSR count). The largest absolute Gasteiger partial charge is 0.392 e. The van der Waals surface area contributed by atoms with Crippen LogP contribution >= 0.6 is 0 Å². The monoisotopic (exact) mass is 355 g/mol. The molecule has 1 aliphatic rings. The van der Waals surface area contributed by atoms with Crippen LogP contribution < -0.4 is 5.32 Å². The molecule has 2 N–H and O–H groups in total. The summed E-state index contributed by atoms with van der Waals surface area (Å²) in [5.41, 5.74) is 2.66. The van der Waals surface area contributed by atoms with E-state index < -0.39 is 0 Å². The quantitative estimate of drug-likeness (QED) is 0.778. The summed E-state index contributed by atoms with van der Waals surface area (Å²) in [6, 6.07) is 2.29. The van der Waals surface area contributed by atoms with Crippen molar-refractivity contribution < 1.29 is 5.11 Å². The molecule has 0 spiro atoms. The normalized spacial score (nSPS) is 14.8. The molecule has 0 bridgehead atoms. The van der Waals surface area contributed by atoms with Crippen molar-refractivity contribution in [3.05, 3.63) is 49.2 Å². The number of rotatable bonds is 6. The number of hydrogen-bond acceptors (Lipinski definition) is 5. The molecule has 2 aromatic heterocycles. The Morgan fingerprint density at radius 3 is 2.77 bits per heavy atom. The predicted molar refractivity (Wildman–Crippen MR) is 106 cm³/mol. The minimum Gasteiger partial charge on any atom is -0.392 e. The summed E-state index contributed by atoms with van der Waals surface area (Å²) in [7, 11) is 0. The third-order valence-electron chi connectivity index (χ3n) is 4.18. The zero-order chi connectivity index (χ0) is 18.6. The molecule has 3 heterocycles. The van der Waals surface area contributed by atoms with E-state index in [1.807, 2.05) is 22.9 Å². The Bertz CT molecular complexity index is 675. The molecule has 1 saturated heterocycles. The molecule has 1 aliphatic heterocycles. The first kappa shape index (κ1) is 20.0. The van der Waals surface area contributed by atoms with Crippen LogP contribution in [-0.4, -0.2) is 44.6 Å². The first-order valence-corrected chi connectivity index (χ1v) is 9.24. The molecule has 6 nitrogen and oxygen atoms in total. The van der Waals surface area contributed by atoms with Crippen molar-refractivity contribution in [2.75, 3.05) is 19.7 Å². The number of allylic oxidation sites excluding steroid dienone is 1. The van der Waals surface area contributed by atoms with Crippen molar-refractivity contribution >= 4 is 6.08 Å². The van der Waals surface area contributed by atoms with E-state index in [0.717, 1.165) is 49.3 Å². The van der Waals surface area contributed by atoms with Crippen molar-refractivity contribution in [2.45, 2.75) is 38.6 Å². The second-order valence-electron chi connectivity index (χ2n) is 6.15. The van der Waals surface area contributed by atoms with Gasteiger partial charge in [-0.15, -0.1) is 6.58 Å². The number of nitrogens with one attached hydrogen (secondary N) is 1. The fourth-order valence-electron chi connectivity index (χ4n) is 2.80. The van der Waals surface area contributed by atoms with Crippen molar-refractivity contribution in [2.24, 2.45) is 0 Å². The van der Waals surface area contributed by atoms with Gasteiger partial charge in [0.1, 0.15) is 6.33 Å². The summed E-state index contributed by atoms with van der Waals surface area (Å²) in [4.78, 5) is 8.26. The molecule has 0 unspecified atom stereocenters. The maximum Gasteiger partial charge on any atom is 0.116 e. The van der Waals surface area contributed by atoms with Gasteiger partial charge in [-0.05, 0) is 44.5 Å². The van der Waals surface area contributed by atoms with Crippen LogP contribution in [-0.2, 0) is 0 Å².